The molecule has 0 saturated heterocycles. The molecule has 0 spiro atoms. The molecule has 0 aliphatic carbocycles. The van der Waals surface area contributed by atoms with Crippen molar-refractivity contribution in [2.75, 3.05) is 18.9 Å². The lowest BCUT2D eigenvalue weighted by Crippen LogP contribution is -2.01. The van der Waals surface area contributed by atoms with Crippen molar-refractivity contribution in [2.45, 2.75) is 77.6 Å². The number of nitrogens with two attached hydrogens (primary N) is 1. The van der Waals surface area contributed by atoms with E-state index in [9.17, 15) is 4.89 Å². The summed E-state index contributed by atoms with van der Waals surface area (Å²) in [6.07, 6.45) is 16.6. The van der Waals surface area contributed by atoms with E-state index in [0.29, 0.717) is 0 Å². The van der Waals surface area contributed by atoms with Gasteiger partial charge in [0.2, 0.25) is 0 Å². The fourth-order valence-corrected chi connectivity index (χ4v) is 3.53. The van der Waals surface area contributed by atoms with Crippen LogP contribution in [0.2, 0.25) is 0 Å². The van der Waals surface area contributed by atoms with E-state index in [4.69, 9.17) is 5.73 Å². The Labute approximate surface area is 116 Å². The smallest absolute Gasteiger partial charge is 0.0251 e. The highest BCUT2D eigenvalue weighted by Gasteiger charge is 2.02. The summed E-state index contributed by atoms with van der Waals surface area (Å²) in [6, 6.07) is 0. The van der Waals surface area contributed by atoms with Crippen LogP contribution >= 0.6 is 8.15 Å². The van der Waals surface area contributed by atoms with E-state index < -0.39 is 8.15 Å². The minimum atomic E-state index is -0.701. The van der Waals surface area contributed by atoms with E-state index in [-0.39, 0.29) is 0 Å². The zero-order valence-corrected chi connectivity index (χ0v) is 13.3. The molecule has 0 fully saturated rings. The molecule has 0 aliphatic rings. The van der Waals surface area contributed by atoms with Crippen molar-refractivity contribution in [3.05, 3.63) is 0 Å². The van der Waals surface area contributed by atoms with Crippen LogP contribution in [0.3, 0.4) is 0 Å². The van der Waals surface area contributed by atoms with Gasteiger partial charge >= 0.3 is 0 Å². The lowest BCUT2D eigenvalue weighted by atomic mass is 10.1. The van der Waals surface area contributed by atoms with Crippen LogP contribution in [0.1, 0.15) is 77.6 Å². The van der Waals surface area contributed by atoms with Crippen LogP contribution in [0.4, 0.5) is 0 Å². The Morgan fingerprint density at radius 2 is 1.17 bits per heavy atom. The molecule has 0 heterocycles. The first-order chi connectivity index (χ1) is 8.81. The number of unbranched alkanes of at least 4 members (excludes halogenated alkanes) is 9. The summed E-state index contributed by atoms with van der Waals surface area (Å²) < 4.78 is 0. The first-order valence-corrected chi connectivity index (χ1v) is 9.61. The summed E-state index contributed by atoms with van der Waals surface area (Å²) in [5, 5.41) is 0. The summed E-state index contributed by atoms with van der Waals surface area (Å²) in [6.45, 7) is 2.99. The van der Waals surface area contributed by atoms with E-state index in [1.165, 1.54) is 64.2 Å². The summed E-state index contributed by atoms with van der Waals surface area (Å²) in [4.78, 5) is 9.71. The summed E-state index contributed by atoms with van der Waals surface area (Å²) in [5.74, 6) is 0. The molecule has 110 valence electrons. The van der Waals surface area contributed by atoms with Crippen molar-refractivity contribution in [1.82, 2.24) is 0 Å². The fourth-order valence-electron chi connectivity index (χ4n) is 2.17. The molecule has 1 atom stereocenters. The van der Waals surface area contributed by atoms with Crippen molar-refractivity contribution in [3.63, 3.8) is 0 Å². The molecule has 0 aromatic carbocycles. The second kappa shape index (κ2) is 15.4. The van der Waals surface area contributed by atoms with Crippen LogP contribution < -0.4 is 5.73 Å². The molecule has 3 heteroatoms. The van der Waals surface area contributed by atoms with Gasteiger partial charge in [-0.25, -0.2) is 0 Å². The molecule has 0 aromatic heterocycles. The van der Waals surface area contributed by atoms with Crippen molar-refractivity contribution >= 4 is 8.15 Å². The van der Waals surface area contributed by atoms with Gasteiger partial charge in [0, 0.05) is 8.15 Å². The topological polar surface area (TPSA) is 46.2 Å². The number of hydrogen-bond donors (Lipinski definition) is 2. The van der Waals surface area contributed by atoms with Gasteiger partial charge in [0.05, 0.1) is 0 Å². The predicted octanol–water partition coefficient (Wildman–Crippen LogP) is 4.65. The van der Waals surface area contributed by atoms with Gasteiger partial charge in [-0.1, -0.05) is 64.7 Å². The Morgan fingerprint density at radius 1 is 0.722 bits per heavy atom. The summed E-state index contributed by atoms with van der Waals surface area (Å²) in [5.41, 5.74) is 5.43. The Hall–Kier alpha value is 0.350. The van der Waals surface area contributed by atoms with Crippen molar-refractivity contribution in [1.29, 1.82) is 0 Å². The maximum atomic E-state index is 9.71. The zero-order valence-electron chi connectivity index (χ0n) is 12.4. The van der Waals surface area contributed by atoms with E-state index in [2.05, 4.69) is 6.92 Å². The predicted molar refractivity (Wildman–Crippen MR) is 84.4 cm³/mol. The third-order valence-corrected chi connectivity index (χ3v) is 5.06. The third-order valence-electron chi connectivity index (χ3n) is 3.39. The van der Waals surface area contributed by atoms with Crippen LogP contribution in [0, 0.1) is 0 Å². The Kier molecular flexibility index (Phi) is 15.7. The van der Waals surface area contributed by atoms with E-state index in [0.717, 1.165) is 25.3 Å². The van der Waals surface area contributed by atoms with E-state index in [1.54, 1.807) is 0 Å². The lowest BCUT2D eigenvalue weighted by molar-refractivity contribution is 0.559. The van der Waals surface area contributed by atoms with Crippen molar-refractivity contribution in [3.8, 4) is 0 Å². The van der Waals surface area contributed by atoms with Gasteiger partial charge in [-0.3, -0.25) is 0 Å². The highest BCUT2D eigenvalue weighted by molar-refractivity contribution is 7.51. The summed E-state index contributed by atoms with van der Waals surface area (Å²) in [7, 11) is -0.701. The Balaban J connectivity index is 3.02. The minimum Gasteiger partial charge on any atom is -0.374 e. The van der Waals surface area contributed by atoms with Crippen LogP contribution in [0.5, 0.6) is 0 Å². The van der Waals surface area contributed by atoms with Gasteiger partial charge in [0.15, 0.2) is 0 Å². The van der Waals surface area contributed by atoms with Crippen LogP contribution in [0.25, 0.3) is 0 Å². The average Bonchev–Trinajstić information content (AvgIpc) is 2.38. The van der Waals surface area contributed by atoms with E-state index in [1.807, 2.05) is 0 Å². The van der Waals surface area contributed by atoms with Crippen molar-refractivity contribution < 1.29 is 4.89 Å². The largest absolute Gasteiger partial charge is 0.374 e. The van der Waals surface area contributed by atoms with Gasteiger partial charge in [0.1, 0.15) is 0 Å². The maximum Gasteiger partial charge on any atom is 0.0251 e. The standard InChI is InChI=1S/C15H34NOP/c1-2-3-4-5-6-7-8-9-10-11-14-18(17)15-12-13-16/h17H,2-16H2,1H3. The van der Waals surface area contributed by atoms with Gasteiger partial charge in [-0.05, 0) is 31.7 Å². The van der Waals surface area contributed by atoms with Gasteiger partial charge in [-0.15, -0.1) is 0 Å². The van der Waals surface area contributed by atoms with Crippen LogP contribution in [-0.2, 0) is 0 Å². The maximum absolute atomic E-state index is 9.71. The molecule has 0 aromatic rings. The quantitative estimate of drug-likeness (QED) is 0.358. The summed E-state index contributed by atoms with van der Waals surface area (Å²) >= 11 is 0. The first kappa shape index (κ1) is 18.4. The molecule has 18 heavy (non-hydrogen) atoms. The number of hydrogen-bond acceptors (Lipinski definition) is 2. The van der Waals surface area contributed by atoms with Gasteiger partial charge < -0.3 is 10.6 Å². The third kappa shape index (κ3) is 14.4. The fraction of sp³-hybridized carbons (Fsp3) is 1.00. The minimum absolute atomic E-state index is 0.701. The Bertz CT molecular complexity index is 155. The highest BCUT2D eigenvalue weighted by Crippen LogP contribution is 2.31. The number of rotatable bonds is 14. The monoisotopic (exact) mass is 275 g/mol. The van der Waals surface area contributed by atoms with Crippen LogP contribution in [0.15, 0.2) is 0 Å². The van der Waals surface area contributed by atoms with Gasteiger partial charge in [-0.2, -0.15) is 0 Å². The lowest BCUT2D eigenvalue weighted by Gasteiger charge is -2.09. The van der Waals surface area contributed by atoms with Gasteiger partial charge in [0.25, 0.3) is 0 Å². The molecule has 0 amide bonds. The molecule has 2 nitrogen and oxygen atoms in total. The molecular weight excluding hydrogens is 241 g/mol. The average molecular weight is 275 g/mol. The molecule has 3 N–H and O–H groups in total. The normalized spacial score (nSPS) is 12.8. The second-order valence-electron chi connectivity index (χ2n) is 5.28. The molecule has 0 aliphatic heterocycles. The molecule has 0 radical (unpaired) electrons. The SMILES string of the molecule is CCCCCCCCCCCCP(O)CCCN. The second-order valence-corrected chi connectivity index (χ2v) is 7.19. The molecule has 0 saturated carbocycles. The molecule has 1 unspecified atom stereocenters. The molecular formula is C15H34NOP. The van der Waals surface area contributed by atoms with Crippen molar-refractivity contribution in [2.24, 2.45) is 5.73 Å². The molecule has 0 rings (SSSR count). The molecule has 0 bridgehead atoms. The van der Waals surface area contributed by atoms with Crippen LogP contribution in [-0.4, -0.2) is 23.8 Å². The first-order valence-electron chi connectivity index (χ1n) is 7.95. The Morgan fingerprint density at radius 3 is 1.67 bits per heavy atom. The highest BCUT2D eigenvalue weighted by atomic mass is 31.1. The zero-order chi connectivity index (χ0) is 13.5. The van der Waals surface area contributed by atoms with E-state index >= 15 is 0 Å².